The number of halogens is 2. The van der Waals surface area contributed by atoms with Crippen LogP contribution >= 0.6 is 31.9 Å². The number of furan rings is 2. The molecule has 0 atom stereocenters. The molecule has 0 saturated carbocycles. The van der Waals surface area contributed by atoms with E-state index in [1.807, 2.05) is 0 Å². The maximum absolute atomic E-state index is 11.5. The third-order valence-electron chi connectivity index (χ3n) is 4.22. The number of benzene rings is 2. The molecule has 0 aliphatic rings. The van der Waals surface area contributed by atoms with Crippen LogP contribution in [0.2, 0.25) is 0 Å². The van der Waals surface area contributed by atoms with Crippen molar-refractivity contribution in [2.75, 3.05) is 6.61 Å². The van der Waals surface area contributed by atoms with E-state index >= 15 is 0 Å². The molecule has 0 radical (unpaired) electrons. The Hall–Kier alpha value is -3.78. The number of aromatic carboxylic acids is 1. The third-order valence-corrected chi connectivity index (χ3v) is 5.40. The number of carbonyl (C=O) groups is 2. The molecule has 4 aromatic rings. The Bertz CT molecular complexity index is 1460. The number of nitro benzene ring substituents is 2. The van der Waals surface area contributed by atoms with E-state index in [-0.39, 0.29) is 35.1 Å². The lowest BCUT2D eigenvalue weighted by atomic mass is 10.2. The molecule has 0 unspecified atom stereocenters. The van der Waals surface area contributed by atoms with Gasteiger partial charge in [0, 0.05) is 35.0 Å². The lowest BCUT2D eigenvalue weighted by Crippen LogP contribution is -2.02. The summed E-state index contributed by atoms with van der Waals surface area (Å²) in [6.07, 6.45) is 0. The van der Waals surface area contributed by atoms with Crippen molar-refractivity contribution in [3.8, 4) is 0 Å². The van der Waals surface area contributed by atoms with Gasteiger partial charge in [-0.05, 0) is 50.9 Å². The number of esters is 1. The van der Waals surface area contributed by atoms with Crippen LogP contribution in [0, 0.1) is 20.2 Å². The van der Waals surface area contributed by atoms with Crippen molar-refractivity contribution >= 4 is 77.1 Å². The molecule has 12 nitrogen and oxygen atoms in total. The van der Waals surface area contributed by atoms with Crippen LogP contribution < -0.4 is 0 Å². The highest BCUT2D eigenvalue weighted by Gasteiger charge is 2.19. The largest absolute Gasteiger partial charge is 0.475 e. The SMILES string of the molecule is CCOC(=O)c1cc2cc([N+](=O)[O-])cc(Br)c2o1.O=C(O)c1cc2cc([N+](=O)[O-])cc(Br)c2o1. The highest BCUT2D eigenvalue weighted by molar-refractivity contribution is 9.11. The van der Waals surface area contributed by atoms with Crippen molar-refractivity contribution in [3.05, 3.63) is 77.1 Å². The van der Waals surface area contributed by atoms with E-state index in [4.69, 9.17) is 18.7 Å². The minimum Gasteiger partial charge on any atom is -0.475 e. The minimum absolute atomic E-state index is 0.0213. The van der Waals surface area contributed by atoms with Crippen molar-refractivity contribution in [1.29, 1.82) is 0 Å². The number of carboxylic acid groups (broad SMARTS) is 1. The van der Waals surface area contributed by atoms with Crippen molar-refractivity contribution in [2.45, 2.75) is 6.92 Å². The number of nitrogens with zero attached hydrogens (tertiary/aromatic N) is 2. The van der Waals surface area contributed by atoms with Crippen LogP contribution in [0.25, 0.3) is 21.9 Å². The fraction of sp³-hybridized carbons (Fsp3) is 0.100. The molecule has 0 saturated heterocycles. The number of hydrogen-bond acceptors (Lipinski definition) is 9. The van der Waals surface area contributed by atoms with Crippen LogP contribution in [0.1, 0.15) is 28.0 Å². The zero-order valence-electron chi connectivity index (χ0n) is 16.9. The Morgan fingerprint density at radius 2 is 1.32 bits per heavy atom. The van der Waals surface area contributed by atoms with Crippen LogP contribution in [0.4, 0.5) is 11.4 Å². The summed E-state index contributed by atoms with van der Waals surface area (Å²) in [7, 11) is 0. The Morgan fingerprint density at radius 3 is 1.74 bits per heavy atom. The first-order chi connectivity index (χ1) is 16.0. The maximum atomic E-state index is 11.5. The Morgan fingerprint density at radius 1 is 0.882 bits per heavy atom. The van der Waals surface area contributed by atoms with Gasteiger partial charge in [0.25, 0.3) is 11.4 Å². The molecule has 0 aliphatic heterocycles. The third kappa shape index (κ3) is 5.23. The van der Waals surface area contributed by atoms with Gasteiger partial charge in [0.1, 0.15) is 11.2 Å². The highest BCUT2D eigenvalue weighted by atomic mass is 79.9. The van der Waals surface area contributed by atoms with Gasteiger partial charge >= 0.3 is 11.9 Å². The monoisotopic (exact) mass is 598 g/mol. The second kappa shape index (κ2) is 10.0. The number of carbonyl (C=O) groups excluding carboxylic acids is 1. The molecule has 34 heavy (non-hydrogen) atoms. The van der Waals surface area contributed by atoms with Crippen LogP contribution in [-0.2, 0) is 4.74 Å². The van der Waals surface area contributed by atoms with Gasteiger partial charge in [0.15, 0.2) is 0 Å². The lowest BCUT2D eigenvalue weighted by molar-refractivity contribution is -0.384. The van der Waals surface area contributed by atoms with Crippen molar-refractivity contribution in [1.82, 2.24) is 0 Å². The summed E-state index contributed by atoms with van der Waals surface area (Å²) in [5.41, 5.74) is 0.453. The van der Waals surface area contributed by atoms with Gasteiger partial charge in [0.2, 0.25) is 11.5 Å². The first kappa shape index (κ1) is 24.9. The zero-order chi connectivity index (χ0) is 25.2. The fourth-order valence-electron chi connectivity index (χ4n) is 2.81. The van der Waals surface area contributed by atoms with E-state index in [2.05, 4.69) is 31.9 Å². The number of ether oxygens (including phenoxy) is 1. The van der Waals surface area contributed by atoms with Gasteiger partial charge in [-0.15, -0.1) is 0 Å². The van der Waals surface area contributed by atoms with Crippen molar-refractivity contribution < 1.29 is 38.1 Å². The van der Waals surface area contributed by atoms with Gasteiger partial charge in [-0.2, -0.15) is 0 Å². The number of fused-ring (bicyclic) bond motifs is 2. The average molecular weight is 600 g/mol. The molecule has 0 aliphatic carbocycles. The molecule has 1 N–H and O–H groups in total. The lowest BCUT2D eigenvalue weighted by Gasteiger charge is -1.96. The number of hydrogen-bond donors (Lipinski definition) is 1. The number of rotatable bonds is 5. The summed E-state index contributed by atoms with van der Waals surface area (Å²) < 4.78 is 15.9. The standard InChI is InChI=1S/C11H8BrNO5.C9H4BrNO5/c1-2-17-11(14)9-4-6-3-7(13(15)16)5-8(12)10(6)18-9;10-6-3-5(11(14)15)1-4-2-7(9(12)13)16-8(4)6/h3-5H,2H2,1H3;1-3H,(H,12,13). The second-order valence-electron chi connectivity index (χ2n) is 6.45. The van der Waals surface area contributed by atoms with Crippen molar-refractivity contribution in [3.63, 3.8) is 0 Å². The second-order valence-corrected chi connectivity index (χ2v) is 8.16. The van der Waals surface area contributed by atoms with Gasteiger partial charge < -0.3 is 18.7 Å². The average Bonchev–Trinajstić information content (AvgIpc) is 3.39. The molecule has 2 heterocycles. The van der Waals surface area contributed by atoms with E-state index in [0.29, 0.717) is 25.3 Å². The maximum Gasteiger partial charge on any atom is 0.374 e. The summed E-state index contributed by atoms with van der Waals surface area (Å²) in [5, 5.41) is 30.8. The first-order valence-corrected chi connectivity index (χ1v) is 10.8. The topological polar surface area (TPSA) is 176 Å². The first-order valence-electron chi connectivity index (χ1n) is 9.17. The molecule has 14 heteroatoms. The normalized spacial score (nSPS) is 10.6. The van der Waals surface area contributed by atoms with E-state index in [0.717, 1.165) is 0 Å². The molecule has 4 rings (SSSR count). The summed E-state index contributed by atoms with van der Waals surface area (Å²) in [4.78, 5) is 42.3. The van der Waals surface area contributed by atoms with Gasteiger partial charge in [-0.1, -0.05) is 0 Å². The summed E-state index contributed by atoms with van der Waals surface area (Å²) in [6, 6.07) is 7.85. The van der Waals surface area contributed by atoms with Crippen LogP contribution in [-0.4, -0.2) is 33.5 Å². The Balaban J connectivity index is 0.000000192. The van der Waals surface area contributed by atoms with E-state index < -0.39 is 21.8 Å². The van der Waals surface area contributed by atoms with Crippen LogP contribution in [0.3, 0.4) is 0 Å². The Labute approximate surface area is 205 Å². The van der Waals surface area contributed by atoms with Crippen LogP contribution in [0.5, 0.6) is 0 Å². The van der Waals surface area contributed by atoms with E-state index in [9.17, 15) is 29.8 Å². The Kier molecular flexibility index (Phi) is 7.32. The molecule has 0 spiro atoms. The number of non-ortho nitro benzene ring substituents is 2. The predicted molar refractivity (Wildman–Crippen MR) is 124 cm³/mol. The zero-order valence-corrected chi connectivity index (χ0v) is 20.1. The minimum atomic E-state index is -1.22. The molecule has 176 valence electrons. The molecule has 2 aromatic heterocycles. The quantitative estimate of drug-likeness (QED) is 0.160. The summed E-state index contributed by atoms with van der Waals surface area (Å²) in [5.74, 6) is -2.04. The van der Waals surface area contributed by atoms with E-state index in [1.54, 1.807) is 6.92 Å². The molecule has 0 amide bonds. The highest BCUT2D eigenvalue weighted by Crippen LogP contribution is 2.33. The van der Waals surface area contributed by atoms with Gasteiger partial charge in [-0.3, -0.25) is 20.2 Å². The smallest absolute Gasteiger partial charge is 0.374 e. The predicted octanol–water partition coefficient (Wildman–Crippen LogP) is 6.08. The van der Waals surface area contributed by atoms with Gasteiger partial charge in [-0.25, -0.2) is 9.59 Å². The molecule has 0 bridgehead atoms. The fourth-order valence-corrected chi connectivity index (χ4v) is 3.90. The number of nitro groups is 2. The molecule has 0 fully saturated rings. The van der Waals surface area contributed by atoms with Crippen LogP contribution in [0.15, 0.2) is 54.2 Å². The van der Waals surface area contributed by atoms with Crippen molar-refractivity contribution in [2.24, 2.45) is 0 Å². The summed E-state index contributed by atoms with van der Waals surface area (Å²) in [6.45, 7) is 1.92. The summed E-state index contributed by atoms with van der Waals surface area (Å²) >= 11 is 6.25. The molecule has 2 aromatic carbocycles. The van der Waals surface area contributed by atoms with Gasteiger partial charge in [0.05, 0.1) is 25.4 Å². The van der Waals surface area contributed by atoms with E-state index in [1.165, 1.54) is 36.4 Å². The molecular formula is C20H12Br2N2O10. The number of carboxylic acids is 1. The molecular weight excluding hydrogens is 588 g/mol.